The van der Waals surface area contributed by atoms with Crippen LogP contribution in [0.4, 0.5) is 0 Å². The minimum absolute atomic E-state index is 0.182. The maximum Gasteiger partial charge on any atom is 0.242 e. The summed E-state index contributed by atoms with van der Waals surface area (Å²) in [7, 11) is -1.95. The number of hydrogen-bond donors (Lipinski definition) is 1. The van der Waals surface area contributed by atoms with Crippen molar-refractivity contribution >= 4 is 10.0 Å². The molecule has 0 atom stereocenters. The van der Waals surface area contributed by atoms with E-state index in [0.717, 1.165) is 12.8 Å². The first-order chi connectivity index (χ1) is 9.47. The van der Waals surface area contributed by atoms with Gasteiger partial charge in [0.1, 0.15) is 5.75 Å². The second kappa shape index (κ2) is 7.61. The van der Waals surface area contributed by atoms with Crippen LogP contribution in [-0.2, 0) is 16.6 Å². The molecule has 114 valence electrons. The molecule has 0 aromatic heterocycles. The number of ether oxygens (including phenoxy) is 1. The van der Waals surface area contributed by atoms with Crippen LogP contribution < -0.4 is 4.74 Å². The summed E-state index contributed by atoms with van der Waals surface area (Å²) in [5.41, 5.74) is 0.490. The van der Waals surface area contributed by atoms with Gasteiger partial charge >= 0.3 is 0 Å². The van der Waals surface area contributed by atoms with Crippen LogP contribution in [0.3, 0.4) is 0 Å². The van der Waals surface area contributed by atoms with Gasteiger partial charge in [0.2, 0.25) is 10.0 Å². The summed E-state index contributed by atoms with van der Waals surface area (Å²) in [6.45, 7) is 4.66. The van der Waals surface area contributed by atoms with E-state index < -0.39 is 10.0 Å². The van der Waals surface area contributed by atoms with Crippen LogP contribution in [0.25, 0.3) is 0 Å². The third-order valence-electron chi connectivity index (χ3n) is 2.91. The van der Waals surface area contributed by atoms with Crippen LogP contribution in [0, 0.1) is 0 Å². The first-order valence-corrected chi connectivity index (χ1v) is 8.24. The van der Waals surface area contributed by atoms with E-state index in [0.29, 0.717) is 24.5 Å². The van der Waals surface area contributed by atoms with Gasteiger partial charge in [-0.05, 0) is 31.0 Å². The number of sulfonamides is 1. The summed E-state index contributed by atoms with van der Waals surface area (Å²) < 4.78 is 31.4. The predicted molar refractivity (Wildman–Crippen MR) is 78.3 cm³/mol. The summed E-state index contributed by atoms with van der Waals surface area (Å²) >= 11 is 0. The first kappa shape index (κ1) is 16.9. The van der Waals surface area contributed by atoms with Crippen LogP contribution in [0.5, 0.6) is 5.75 Å². The molecule has 1 rings (SSSR count). The second-order valence-corrected chi connectivity index (χ2v) is 6.65. The molecule has 0 aliphatic carbocycles. The number of aliphatic hydroxyl groups excluding tert-OH is 1. The lowest BCUT2D eigenvalue weighted by atomic mass is 10.2. The highest BCUT2D eigenvalue weighted by Gasteiger charge is 2.21. The van der Waals surface area contributed by atoms with Gasteiger partial charge in [-0.2, -0.15) is 0 Å². The van der Waals surface area contributed by atoms with Crippen molar-refractivity contribution in [2.24, 2.45) is 0 Å². The molecule has 1 N–H and O–H groups in total. The van der Waals surface area contributed by atoms with Gasteiger partial charge in [0.25, 0.3) is 0 Å². The molecule has 0 saturated carbocycles. The second-order valence-electron chi connectivity index (χ2n) is 4.60. The SMILES string of the molecule is CCCOc1ccc(S(=O)(=O)N(C)CCC)cc1CO. The average molecular weight is 301 g/mol. The van der Waals surface area contributed by atoms with E-state index in [-0.39, 0.29) is 11.5 Å². The smallest absolute Gasteiger partial charge is 0.242 e. The number of hydrogen-bond acceptors (Lipinski definition) is 4. The van der Waals surface area contributed by atoms with Crippen molar-refractivity contribution in [3.63, 3.8) is 0 Å². The Hall–Kier alpha value is -1.11. The molecule has 0 aliphatic rings. The van der Waals surface area contributed by atoms with Crippen LogP contribution in [0.1, 0.15) is 32.3 Å². The molecule has 0 radical (unpaired) electrons. The summed E-state index contributed by atoms with van der Waals surface area (Å²) in [4.78, 5) is 0.182. The van der Waals surface area contributed by atoms with E-state index in [1.807, 2.05) is 13.8 Å². The van der Waals surface area contributed by atoms with Crippen molar-refractivity contribution in [3.8, 4) is 5.75 Å². The van der Waals surface area contributed by atoms with Crippen LogP contribution >= 0.6 is 0 Å². The molecule has 0 amide bonds. The molecule has 5 nitrogen and oxygen atoms in total. The lowest BCUT2D eigenvalue weighted by Crippen LogP contribution is -2.27. The Balaban J connectivity index is 3.09. The van der Waals surface area contributed by atoms with Crippen molar-refractivity contribution in [1.29, 1.82) is 0 Å². The fourth-order valence-electron chi connectivity index (χ4n) is 1.81. The maximum absolute atomic E-state index is 12.3. The van der Waals surface area contributed by atoms with Gasteiger partial charge in [-0.1, -0.05) is 13.8 Å². The lowest BCUT2D eigenvalue weighted by molar-refractivity contribution is 0.262. The Labute approximate surface area is 121 Å². The highest BCUT2D eigenvalue weighted by Crippen LogP contribution is 2.24. The molecule has 0 saturated heterocycles. The summed E-state index contributed by atoms with van der Waals surface area (Å²) in [6, 6.07) is 4.60. The van der Waals surface area contributed by atoms with Crippen molar-refractivity contribution in [3.05, 3.63) is 23.8 Å². The maximum atomic E-state index is 12.3. The minimum Gasteiger partial charge on any atom is -0.493 e. The zero-order chi connectivity index (χ0) is 15.2. The zero-order valence-corrected chi connectivity index (χ0v) is 13.1. The third-order valence-corrected chi connectivity index (χ3v) is 4.76. The van der Waals surface area contributed by atoms with Gasteiger partial charge in [-0.3, -0.25) is 0 Å². The van der Waals surface area contributed by atoms with E-state index in [2.05, 4.69) is 0 Å². The Morgan fingerprint density at radius 3 is 2.50 bits per heavy atom. The van der Waals surface area contributed by atoms with E-state index in [1.54, 1.807) is 13.1 Å². The molecule has 20 heavy (non-hydrogen) atoms. The Morgan fingerprint density at radius 1 is 1.25 bits per heavy atom. The van der Waals surface area contributed by atoms with Crippen molar-refractivity contribution in [2.75, 3.05) is 20.2 Å². The quantitative estimate of drug-likeness (QED) is 0.797. The number of benzene rings is 1. The topological polar surface area (TPSA) is 66.8 Å². The Bertz CT molecular complexity index is 528. The highest BCUT2D eigenvalue weighted by atomic mass is 32.2. The molecular formula is C14H23NO4S. The highest BCUT2D eigenvalue weighted by molar-refractivity contribution is 7.89. The van der Waals surface area contributed by atoms with Gasteiger partial charge in [-0.25, -0.2) is 12.7 Å². The molecule has 0 fully saturated rings. The summed E-state index contributed by atoms with van der Waals surface area (Å²) in [5, 5.41) is 9.36. The van der Waals surface area contributed by atoms with Gasteiger partial charge in [0.05, 0.1) is 18.1 Å². The first-order valence-electron chi connectivity index (χ1n) is 6.80. The lowest BCUT2D eigenvalue weighted by Gasteiger charge is -2.17. The van der Waals surface area contributed by atoms with Gasteiger partial charge in [0, 0.05) is 19.2 Å². The van der Waals surface area contributed by atoms with Gasteiger partial charge in [-0.15, -0.1) is 0 Å². The molecule has 1 aromatic rings. The van der Waals surface area contributed by atoms with Crippen molar-refractivity contribution in [2.45, 2.75) is 38.2 Å². The third kappa shape index (κ3) is 3.94. The molecule has 0 bridgehead atoms. The van der Waals surface area contributed by atoms with Crippen molar-refractivity contribution in [1.82, 2.24) is 4.31 Å². The fourth-order valence-corrected chi connectivity index (χ4v) is 3.12. The molecule has 1 aromatic carbocycles. The van der Waals surface area contributed by atoms with Crippen LogP contribution in [0.15, 0.2) is 23.1 Å². The minimum atomic E-state index is -3.50. The van der Waals surface area contributed by atoms with E-state index in [9.17, 15) is 13.5 Å². The standard InChI is InChI=1S/C14H23NO4S/c1-4-8-15(3)20(17,18)13-6-7-14(19-9-5-2)12(10-13)11-16/h6-7,10,16H,4-5,8-9,11H2,1-3H3. The van der Waals surface area contributed by atoms with E-state index in [1.165, 1.54) is 16.4 Å². The molecule has 0 spiro atoms. The van der Waals surface area contributed by atoms with Crippen LogP contribution in [0.2, 0.25) is 0 Å². The van der Waals surface area contributed by atoms with Crippen LogP contribution in [-0.4, -0.2) is 38.0 Å². The Morgan fingerprint density at radius 2 is 1.95 bits per heavy atom. The zero-order valence-electron chi connectivity index (χ0n) is 12.3. The van der Waals surface area contributed by atoms with Gasteiger partial charge < -0.3 is 9.84 Å². The monoisotopic (exact) mass is 301 g/mol. The number of rotatable bonds is 8. The summed E-state index contributed by atoms with van der Waals surface area (Å²) in [5.74, 6) is 0.534. The molecule has 0 unspecified atom stereocenters. The van der Waals surface area contributed by atoms with Crippen molar-refractivity contribution < 1.29 is 18.3 Å². The largest absolute Gasteiger partial charge is 0.493 e. The molecule has 6 heteroatoms. The summed E-state index contributed by atoms with van der Waals surface area (Å²) in [6.07, 6.45) is 1.60. The normalized spacial score (nSPS) is 11.8. The van der Waals surface area contributed by atoms with Gasteiger partial charge in [0.15, 0.2) is 0 Å². The number of nitrogens with zero attached hydrogens (tertiary/aromatic N) is 1. The molecule has 0 aliphatic heterocycles. The molecular weight excluding hydrogens is 278 g/mol. The molecule has 0 heterocycles. The van der Waals surface area contributed by atoms with E-state index in [4.69, 9.17) is 4.74 Å². The average Bonchev–Trinajstić information content (AvgIpc) is 2.45. The van der Waals surface area contributed by atoms with E-state index >= 15 is 0 Å². The number of aliphatic hydroxyl groups is 1. The predicted octanol–water partition coefficient (Wildman–Crippen LogP) is 2.00. The fraction of sp³-hybridized carbons (Fsp3) is 0.571. The Kier molecular flexibility index (Phi) is 6.45.